The first-order chi connectivity index (χ1) is 8.13. The second-order valence-corrected chi connectivity index (χ2v) is 4.73. The molecule has 2 rings (SSSR count). The van der Waals surface area contributed by atoms with Crippen molar-refractivity contribution in [2.75, 3.05) is 7.11 Å². The van der Waals surface area contributed by atoms with Crippen molar-refractivity contribution in [1.29, 1.82) is 0 Å². The van der Waals surface area contributed by atoms with Crippen molar-refractivity contribution in [3.63, 3.8) is 0 Å². The largest absolute Gasteiger partial charge is 0.496 e. The zero-order valence-electron chi connectivity index (χ0n) is 10.3. The number of benzene rings is 1. The van der Waals surface area contributed by atoms with E-state index in [1.807, 2.05) is 12.1 Å². The summed E-state index contributed by atoms with van der Waals surface area (Å²) in [6, 6.07) is 6.06. The first-order valence-corrected chi connectivity index (χ1v) is 6.01. The molecule has 1 aromatic rings. The van der Waals surface area contributed by atoms with Gasteiger partial charge in [0.25, 0.3) is 0 Å². The van der Waals surface area contributed by atoms with E-state index in [1.165, 1.54) is 11.1 Å². The van der Waals surface area contributed by atoms with Gasteiger partial charge in [-0.05, 0) is 42.4 Å². The monoisotopic (exact) mass is 234 g/mol. The van der Waals surface area contributed by atoms with Crippen molar-refractivity contribution in [3.05, 3.63) is 29.3 Å². The quantitative estimate of drug-likeness (QED) is 0.874. The Morgan fingerprint density at radius 2 is 2.29 bits per heavy atom. The Balaban J connectivity index is 2.25. The molecule has 0 aliphatic heterocycles. The number of methoxy groups -OCH3 is 1. The Hall–Kier alpha value is -1.51. The average Bonchev–Trinajstić information content (AvgIpc) is 2.36. The predicted octanol–water partition coefficient (Wildman–Crippen LogP) is 2.52. The normalized spacial score (nSPS) is 20.5. The molecule has 0 amide bonds. The molecular weight excluding hydrogens is 216 g/mol. The number of hydrogen-bond donors (Lipinski definition) is 1. The van der Waals surface area contributed by atoms with Gasteiger partial charge in [0.15, 0.2) is 0 Å². The molecular formula is C14H18O3. The Morgan fingerprint density at radius 1 is 1.53 bits per heavy atom. The standard InChI is InChI=1S/C14H18O3/c1-9(14(15)16)11-7-6-10-4-3-5-13(17-2)12(10)8-11/h3-5,9,11H,6-8H2,1-2H3,(H,15,16). The summed E-state index contributed by atoms with van der Waals surface area (Å²) in [6.07, 6.45) is 2.72. The highest BCUT2D eigenvalue weighted by atomic mass is 16.5. The van der Waals surface area contributed by atoms with Gasteiger partial charge < -0.3 is 9.84 Å². The van der Waals surface area contributed by atoms with E-state index in [2.05, 4.69) is 6.07 Å². The first-order valence-electron chi connectivity index (χ1n) is 6.01. The molecule has 3 nitrogen and oxygen atoms in total. The molecule has 0 fully saturated rings. The maximum absolute atomic E-state index is 11.0. The van der Waals surface area contributed by atoms with Gasteiger partial charge in [0, 0.05) is 0 Å². The fourth-order valence-electron chi connectivity index (χ4n) is 2.60. The molecule has 1 N–H and O–H groups in total. The molecule has 0 saturated heterocycles. The molecule has 0 aromatic heterocycles. The number of ether oxygens (including phenoxy) is 1. The number of aryl methyl sites for hydroxylation is 1. The van der Waals surface area contributed by atoms with Gasteiger partial charge in [-0.15, -0.1) is 0 Å². The fourth-order valence-corrected chi connectivity index (χ4v) is 2.60. The van der Waals surface area contributed by atoms with E-state index in [0.29, 0.717) is 0 Å². The topological polar surface area (TPSA) is 46.5 Å². The fraction of sp³-hybridized carbons (Fsp3) is 0.500. The summed E-state index contributed by atoms with van der Waals surface area (Å²) in [4.78, 5) is 11.0. The Bertz CT molecular complexity index is 411. The van der Waals surface area contributed by atoms with Gasteiger partial charge in [-0.25, -0.2) is 0 Å². The third-order valence-electron chi connectivity index (χ3n) is 3.80. The van der Waals surface area contributed by atoms with Gasteiger partial charge in [-0.2, -0.15) is 0 Å². The van der Waals surface area contributed by atoms with Crippen LogP contribution < -0.4 is 4.74 Å². The minimum Gasteiger partial charge on any atom is -0.496 e. The van der Waals surface area contributed by atoms with Gasteiger partial charge in [-0.3, -0.25) is 4.79 Å². The van der Waals surface area contributed by atoms with Crippen LogP contribution in [-0.2, 0) is 17.6 Å². The number of aliphatic carboxylic acids is 1. The minimum atomic E-state index is -0.701. The van der Waals surface area contributed by atoms with E-state index < -0.39 is 5.97 Å². The Kier molecular flexibility index (Phi) is 3.36. The maximum Gasteiger partial charge on any atom is 0.306 e. The van der Waals surface area contributed by atoms with Gasteiger partial charge in [-0.1, -0.05) is 19.1 Å². The van der Waals surface area contributed by atoms with E-state index in [4.69, 9.17) is 9.84 Å². The highest BCUT2D eigenvalue weighted by Gasteiger charge is 2.29. The van der Waals surface area contributed by atoms with Crippen LogP contribution in [0.2, 0.25) is 0 Å². The summed E-state index contributed by atoms with van der Waals surface area (Å²) >= 11 is 0. The van der Waals surface area contributed by atoms with E-state index in [1.54, 1.807) is 14.0 Å². The number of carboxylic acid groups (broad SMARTS) is 1. The van der Waals surface area contributed by atoms with Gasteiger partial charge in [0.2, 0.25) is 0 Å². The van der Waals surface area contributed by atoms with Crippen molar-refractivity contribution in [2.45, 2.75) is 26.2 Å². The number of carbonyl (C=O) groups is 1. The lowest BCUT2D eigenvalue weighted by Gasteiger charge is -2.28. The van der Waals surface area contributed by atoms with Gasteiger partial charge >= 0.3 is 5.97 Å². The molecule has 1 aliphatic rings. The molecule has 0 spiro atoms. The van der Waals surface area contributed by atoms with E-state index in [0.717, 1.165) is 25.0 Å². The lowest BCUT2D eigenvalue weighted by Crippen LogP contribution is -2.26. The molecule has 2 unspecified atom stereocenters. The minimum absolute atomic E-state index is 0.219. The van der Waals surface area contributed by atoms with Crippen LogP contribution in [0.15, 0.2) is 18.2 Å². The van der Waals surface area contributed by atoms with Crippen LogP contribution in [0, 0.1) is 11.8 Å². The number of fused-ring (bicyclic) bond motifs is 1. The van der Waals surface area contributed by atoms with Crippen LogP contribution in [0.1, 0.15) is 24.5 Å². The highest BCUT2D eigenvalue weighted by molar-refractivity contribution is 5.70. The van der Waals surface area contributed by atoms with Crippen LogP contribution >= 0.6 is 0 Å². The smallest absolute Gasteiger partial charge is 0.306 e. The van der Waals surface area contributed by atoms with Crippen LogP contribution in [0.4, 0.5) is 0 Å². The van der Waals surface area contributed by atoms with Crippen molar-refractivity contribution in [2.24, 2.45) is 11.8 Å². The molecule has 3 heteroatoms. The Labute approximate surface area is 101 Å². The molecule has 0 bridgehead atoms. The third-order valence-corrected chi connectivity index (χ3v) is 3.80. The zero-order valence-corrected chi connectivity index (χ0v) is 10.3. The summed E-state index contributed by atoms with van der Waals surface area (Å²) in [5.74, 6) is 0.127. The molecule has 1 aromatic carbocycles. The molecule has 92 valence electrons. The highest BCUT2D eigenvalue weighted by Crippen LogP contribution is 2.35. The molecule has 2 atom stereocenters. The second kappa shape index (κ2) is 4.78. The second-order valence-electron chi connectivity index (χ2n) is 4.73. The van der Waals surface area contributed by atoms with Crippen LogP contribution in [0.25, 0.3) is 0 Å². The summed E-state index contributed by atoms with van der Waals surface area (Å²) in [5, 5.41) is 9.08. The lowest BCUT2D eigenvalue weighted by atomic mass is 9.77. The first kappa shape index (κ1) is 12.0. The van der Waals surface area contributed by atoms with Crippen molar-refractivity contribution in [3.8, 4) is 5.75 Å². The SMILES string of the molecule is COc1cccc2c1CC(C(C)C(=O)O)CC2. The van der Waals surface area contributed by atoms with E-state index >= 15 is 0 Å². The van der Waals surface area contributed by atoms with E-state index in [-0.39, 0.29) is 11.8 Å². The van der Waals surface area contributed by atoms with Gasteiger partial charge in [0.1, 0.15) is 5.75 Å². The average molecular weight is 234 g/mol. The Morgan fingerprint density at radius 3 is 2.94 bits per heavy atom. The molecule has 0 heterocycles. The molecule has 0 saturated carbocycles. The summed E-state index contributed by atoms with van der Waals surface area (Å²) in [6.45, 7) is 1.80. The number of rotatable bonds is 3. The summed E-state index contributed by atoms with van der Waals surface area (Å²) in [5.41, 5.74) is 2.50. The summed E-state index contributed by atoms with van der Waals surface area (Å²) < 4.78 is 5.35. The van der Waals surface area contributed by atoms with Crippen LogP contribution in [0.3, 0.4) is 0 Å². The molecule has 1 aliphatic carbocycles. The lowest BCUT2D eigenvalue weighted by molar-refractivity contribution is -0.143. The number of carboxylic acids is 1. The number of hydrogen-bond acceptors (Lipinski definition) is 2. The van der Waals surface area contributed by atoms with Gasteiger partial charge in [0.05, 0.1) is 13.0 Å². The van der Waals surface area contributed by atoms with Crippen molar-refractivity contribution in [1.82, 2.24) is 0 Å². The molecule has 17 heavy (non-hydrogen) atoms. The third kappa shape index (κ3) is 2.28. The van der Waals surface area contributed by atoms with Crippen LogP contribution in [0.5, 0.6) is 5.75 Å². The van der Waals surface area contributed by atoms with Crippen molar-refractivity contribution >= 4 is 5.97 Å². The zero-order chi connectivity index (χ0) is 12.4. The predicted molar refractivity (Wildman–Crippen MR) is 65.3 cm³/mol. The molecule has 0 radical (unpaired) electrons. The van der Waals surface area contributed by atoms with Crippen LogP contribution in [-0.4, -0.2) is 18.2 Å². The van der Waals surface area contributed by atoms with E-state index in [9.17, 15) is 4.79 Å². The van der Waals surface area contributed by atoms with Crippen molar-refractivity contribution < 1.29 is 14.6 Å². The summed E-state index contributed by atoms with van der Waals surface area (Å²) in [7, 11) is 1.67. The maximum atomic E-state index is 11.0.